The SMILES string of the molecule is CN(C(=O)CSc1nnc(-c2cccnc2)n1Cc1ccccc1)c1ccccc1. The Hall–Kier alpha value is -3.45. The van der Waals surface area contributed by atoms with Gasteiger partial charge in [0.25, 0.3) is 0 Å². The van der Waals surface area contributed by atoms with Gasteiger partial charge in [0.2, 0.25) is 5.91 Å². The topological polar surface area (TPSA) is 63.9 Å². The van der Waals surface area contributed by atoms with Gasteiger partial charge in [-0.05, 0) is 29.8 Å². The first kappa shape index (κ1) is 19.8. The summed E-state index contributed by atoms with van der Waals surface area (Å²) in [5, 5.41) is 9.46. The van der Waals surface area contributed by atoms with Crippen LogP contribution in [0.1, 0.15) is 5.56 Å². The second-order valence-electron chi connectivity index (χ2n) is 6.70. The van der Waals surface area contributed by atoms with Crippen molar-refractivity contribution in [2.24, 2.45) is 0 Å². The molecule has 7 heteroatoms. The van der Waals surface area contributed by atoms with Gasteiger partial charge in [-0.15, -0.1) is 10.2 Å². The number of amides is 1. The van der Waals surface area contributed by atoms with Crippen LogP contribution in [0.2, 0.25) is 0 Å². The maximum atomic E-state index is 12.7. The smallest absolute Gasteiger partial charge is 0.237 e. The van der Waals surface area contributed by atoms with Crippen molar-refractivity contribution >= 4 is 23.4 Å². The first-order valence-electron chi connectivity index (χ1n) is 9.54. The molecule has 150 valence electrons. The zero-order valence-electron chi connectivity index (χ0n) is 16.5. The molecule has 0 spiro atoms. The number of anilines is 1. The number of carbonyl (C=O) groups is 1. The number of hydrogen-bond donors (Lipinski definition) is 0. The molecule has 0 saturated carbocycles. The molecule has 2 aromatic carbocycles. The predicted octanol–water partition coefficient (Wildman–Crippen LogP) is 4.14. The highest BCUT2D eigenvalue weighted by molar-refractivity contribution is 7.99. The van der Waals surface area contributed by atoms with E-state index in [-0.39, 0.29) is 11.7 Å². The molecule has 0 fully saturated rings. The first-order chi connectivity index (χ1) is 14.7. The fourth-order valence-electron chi connectivity index (χ4n) is 3.03. The van der Waals surface area contributed by atoms with E-state index in [4.69, 9.17) is 0 Å². The van der Waals surface area contributed by atoms with E-state index in [2.05, 4.69) is 27.3 Å². The molecule has 30 heavy (non-hydrogen) atoms. The number of nitrogens with zero attached hydrogens (tertiary/aromatic N) is 5. The lowest BCUT2D eigenvalue weighted by atomic mass is 10.2. The molecule has 0 aliphatic heterocycles. The maximum absolute atomic E-state index is 12.7. The fraction of sp³-hybridized carbons (Fsp3) is 0.130. The third kappa shape index (κ3) is 4.58. The molecule has 0 radical (unpaired) electrons. The molecule has 1 amide bonds. The Morgan fingerprint density at radius 1 is 0.967 bits per heavy atom. The van der Waals surface area contributed by atoms with E-state index in [1.165, 1.54) is 11.8 Å². The number of aromatic nitrogens is 4. The Balaban J connectivity index is 1.56. The molecular formula is C23H21N5OS. The van der Waals surface area contributed by atoms with E-state index in [9.17, 15) is 4.79 Å². The third-order valence-corrected chi connectivity index (χ3v) is 5.61. The predicted molar refractivity (Wildman–Crippen MR) is 119 cm³/mol. The van der Waals surface area contributed by atoms with Gasteiger partial charge < -0.3 is 4.90 Å². The van der Waals surface area contributed by atoms with Gasteiger partial charge in [0.1, 0.15) is 0 Å². The van der Waals surface area contributed by atoms with Crippen molar-refractivity contribution in [2.45, 2.75) is 11.7 Å². The lowest BCUT2D eigenvalue weighted by molar-refractivity contribution is -0.115. The summed E-state index contributed by atoms with van der Waals surface area (Å²) in [5.74, 6) is 1.01. The lowest BCUT2D eigenvalue weighted by Gasteiger charge is -2.17. The number of carbonyl (C=O) groups excluding carboxylic acids is 1. The summed E-state index contributed by atoms with van der Waals surface area (Å²) < 4.78 is 2.03. The average molecular weight is 416 g/mol. The van der Waals surface area contributed by atoms with E-state index in [1.54, 1.807) is 24.3 Å². The monoisotopic (exact) mass is 415 g/mol. The highest BCUT2D eigenvalue weighted by Gasteiger charge is 2.18. The molecule has 2 heterocycles. The summed E-state index contributed by atoms with van der Waals surface area (Å²) in [6.07, 6.45) is 3.50. The van der Waals surface area contributed by atoms with E-state index in [0.717, 1.165) is 22.6 Å². The van der Waals surface area contributed by atoms with Crippen molar-refractivity contribution in [3.8, 4) is 11.4 Å². The Morgan fingerprint density at radius 2 is 1.70 bits per heavy atom. The standard InChI is InChI=1S/C23H21N5OS/c1-27(20-12-6-3-7-13-20)21(29)17-30-23-26-25-22(19-11-8-14-24-15-19)28(23)16-18-9-4-2-5-10-18/h2-15H,16-17H2,1H3. The molecule has 0 saturated heterocycles. The van der Waals surface area contributed by atoms with Crippen LogP contribution in [-0.4, -0.2) is 38.5 Å². The Labute approximate surface area is 179 Å². The van der Waals surface area contributed by atoms with Crippen LogP contribution >= 0.6 is 11.8 Å². The van der Waals surface area contributed by atoms with Gasteiger partial charge in [-0.2, -0.15) is 0 Å². The molecule has 4 rings (SSSR count). The van der Waals surface area contributed by atoms with Crippen molar-refractivity contribution in [1.29, 1.82) is 0 Å². The highest BCUT2D eigenvalue weighted by Crippen LogP contribution is 2.25. The van der Waals surface area contributed by atoms with E-state index >= 15 is 0 Å². The third-order valence-electron chi connectivity index (χ3n) is 4.66. The van der Waals surface area contributed by atoms with Gasteiger partial charge in [0, 0.05) is 30.7 Å². The van der Waals surface area contributed by atoms with Crippen LogP contribution in [0.3, 0.4) is 0 Å². The molecular weight excluding hydrogens is 394 g/mol. The van der Waals surface area contributed by atoms with Gasteiger partial charge >= 0.3 is 0 Å². The summed E-state index contributed by atoms with van der Waals surface area (Å²) in [5.41, 5.74) is 2.89. The molecule has 0 aliphatic rings. The van der Waals surface area contributed by atoms with Crippen molar-refractivity contribution in [2.75, 3.05) is 17.7 Å². The maximum Gasteiger partial charge on any atom is 0.237 e. The van der Waals surface area contributed by atoms with Crippen LogP contribution in [0.5, 0.6) is 0 Å². The van der Waals surface area contributed by atoms with Gasteiger partial charge in [0.05, 0.1) is 12.3 Å². The Kier molecular flexibility index (Phi) is 6.20. The largest absolute Gasteiger partial charge is 0.315 e. The Bertz CT molecular complexity index is 1100. The summed E-state index contributed by atoms with van der Waals surface area (Å²) in [4.78, 5) is 18.6. The molecule has 0 bridgehead atoms. The van der Waals surface area contributed by atoms with Crippen molar-refractivity contribution in [3.05, 3.63) is 90.8 Å². The molecule has 0 atom stereocenters. The van der Waals surface area contributed by atoms with E-state index in [1.807, 2.05) is 65.2 Å². The minimum atomic E-state index is 0.00314. The van der Waals surface area contributed by atoms with Crippen molar-refractivity contribution < 1.29 is 4.79 Å². The zero-order chi connectivity index (χ0) is 20.8. The molecule has 0 aliphatic carbocycles. The molecule has 2 aromatic heterocycles. The molecule has 4 aromatic rings. The van der Waals surface area contributed by atoms with Crippen LogP contribution in [0.4, 0.5) is 5.69 Å². The van der Waals surface area contributed by atoms with Crippen molar-refractivity contribution in [3.63, 3.8) is 0 Å². The summed E-state index contributed by atoms with van der Waals surface area (Å²) >= 11 is 1.39. The minimum absolute atomic E-state index is 0.00314. The fourth-order valence-corrected chi connectivity index (χ4v) is 3.88. The highest BCUT2D eigenvalue weighted by atomic mass is 32.2. The van der Waals surface area contributed by atoms with Crippen molar-refractivity contribution in [1.82, 2.24) is 19.7 Å². The molecule has 6 nitrogen and oxygen atoms in total. The zero-order valence-corrected chi connectivity index (χ0v) is 17.4. The molecule has 0 N–H and O–H groups in total. The number of benzene rings is 2. The van der Waals surface area contributed by atoms with Gasteiger partial charge in [0.15, 0.2) is 11.0 Å². The van der Waals surface area contributed by atoms with Gasteiger partial charge in [-0.25, -0.2) is 0 Å². The Morgan fingerprint density at radius 3 is 2.40 bits per heavy atom. The van der Waals surface area contributed by atoms with E-state index in [0.29, 0.717) is 11.7 Å². The first-order valence-corrected chi connectivity index (χ1v) is 10.5. The quantitative estimate of drug-likeness (QED) is 0.425. The van der Waals surface area contributed by atoms with Crippen LogP contribution in [0.15, 0.2) is 90.3 Å². The van der Waals surface area contributed by atoms with Crippen LogP contribution in [0.25, 0.3) is 11.4 Å². The number of hydrogen-bond acceptors (Lipinski definition) is 5. The minimum Gasteiger partial charge on any atom is -0.315 e. The summed E-state index contributed by atoms with van der Waals surface area (Å²) in [6, 6.07) is 23.6. The lowest BCUT2D eigenvalue weighted by Crippen LogP contribution is -2.28. The number of para-hydroxylation sites is 1. The molecule has 0 unspecified atom stereocenters. The normalized spacial score (nSPS) is 10.7. The number of thioether (sulfide) groups is 1. The second kappa shape index (κ2) is 9.37. The van der Waals surface area contributed by atoms with Crippen LogP contribution in [-0.2, 0) is 11.3 Å². The average Bonchev–Trinajstić information content (AvgIpc) is 3.21. The van der Waals surface area contributed by atoms with Gasteiger partial charge in [-0.3, -0.25) is 14.3 Å². The summed E-state index contributed by atoms with van der Waals surface area (Å²) in [7, 11) is 1.79. The van der Waals surface area contributed by atoms with E-state index < -0.39 is 0 Å². The summed E-state index contributed by atoms with van der Waals surface area (Å²) in [6.45, 7) is 0.614. The number of rotatable bonds is 7. The van der Waals surface area contributed by atoms with Crippen LogP contribution < -0.4 is 4.90 Å². The van der Waals surface area contributed by atoms with Gasteiger partial charge in [-0.1, -0.05) is 60.3 Å². The van der Waals surface area contributed by atoms with Crippen LogP contribution in [0, 0.1) is 0 Å². The number of pyridine rings is 1. The second-order valence-corrected chi connectivity index (χ2v) is 7.64.